The Hall–Kier alpha value is -2.47. The summed E-state index contributed by atoms with van der Waals surface area (Å²) in [6, 6.07) is 7.94. The molecule has 0 spiro atoms. The number of fused-ring (bicyclic) bond motifs is 3. The molecule has 0 unspecified atom stereocenters. The molecule has 0 N–H and O–H groups in total. The molecule has 2 aliphatic rings. The van der Waals surface area contributed by atoms with Crippen LogP contribution in [0.15, 0.2) is 29.1 Å². The molecule has 1 fully saturated rings. The molecule has 0 bridgehead atoms. The fourth-order valence-corrected chi connectivity index (χ4v) is 6.00. The smallest absolute Gasteiger partial charge is 0.326 e. The third-order valence-electron chi connectivity index (χ3n) is 6.24. The van der Waals surface area contributed by atoms with Crippen molar-refractivity contribution in [1.82, 2.24) is 9.55 Å². The topological polar surface area (TPSA) is 61.2 Å². The summed E-state index contributed by atoms with van der Waals surface area (Å²) >= 11 is 1.64. The van der Waals surface area contributed by atoms with Crippen molar-refractivity contribution in [2.45, 2.75) is 70.9 Å². The van der Waals surface area contributed by atoms with Crippen LogP contribution in [0.2, 0.25) is 0 Å². The fraction of sp³-hybridized carbons (Fsp3) is 0.458. The molecule has 1 saturated carbocycles. The number of aryl methyl sites for hydroxylation is 3. The van der Waals surface area contributed by atoms with Crippen molar-refractivity contribution in [2.24, 2.45) is 0 Å². The van der Waals surface area contributed by atoms with E-state index >= 15 is 0 Å². The first-order chi connectivity index (χ1) is 14.6. The fourth-order valence-electron chi connectivity index (χ4n) is 4.75. The van der Waals surface area contributed by atoms with Gasteiger partial charge in [-0.05, 0) is 69.9 Å². The molecule has 0 amide bonds. The van der Waals surface area contributed by atoms with Crippen LogP contribution < -0.4 is 5.56 Å². The van der Waals surface area contributed by atoms with Crippen molar-refractivity contribution in [3.05, 3.63) is 50.6 Å². The van der Waals surface area contributed by atoms with E-state index in [1.807, 2.05) is 31.2 Å². The lowest BCUT2D eigenvalue weighted by Crippen LogP contribution is -2.29. The molecule has 3 aromatic rings. The first-order valence-electron chi connectivity index (χ1n) is 10.9. The molecule has 2 aliphatic carbocycles. The molecule has 2 heterocycles. The molecular formula is C24H26N2O3S. The number of thiophene rings is 1. The maximum absolute atomic E-state index is 13.6. The summed E-state index contributed by atoms with van der Waals surface area (Å²) < 4.78 is 7.20. The lowest BCUT2D eigenvalue weighted by molar-refractivity contribution is -0.149. The third kappa shape index (κ3) is 3.58. The van der Waals surface area contributed by atoms with Crippen LogP contribution in [0.25, 0.3) is 21.6 Å². The lowest BCUT2D eigenvalue weighted by atomic mass is 9.97. The molecule has 5 rings (SSSR count). The second-order valence-corrected chi connectivity index (χ2v) is 9.57. The van der Waals surface area contributed by atoms with Gasteiger partial charge in [0.15, 0.2) is 0 Å². The summed E-state index contributed by atoms with van der Waals surface area (Å²) in [7, 11) is 0. The van der Waals surface area contributed by atoms with Gasteiger partial charge in [0, 0.05) is 10.4 Å². The maximum atomic E-state index is 13.6. The highest BCUT2D eigenvalue weighted by atomic mass is 32.1. The van der Waals surface area contributed by atoms with E-state index < -0.39 is 0 Å². The minimum Gasteiger partial charge on any atom is -0.461 e. The summed E-state index contributed by atoms with van der Waals surface area (Å²) in [5, 5.41) is 0.708. The van der Waals surface area contributed by atoms with Gasteiger partial charge in [-0.25, -0.2) is 4.98 Å². The summed E-state index contributed by atoms with van der Waals surface area (Å²) in [5.41, 5.74) is 2.98. The predicted molar refractivity (Wildman–Crippen MR) is 119 cm³/mol. The summed E-state index contributed by atoms with van der Waals surface area (Å²) in [6.45, 7) is 1.93. The number of carbonyl (C=O) groups excluding carboxylic acids is 1. The summed E-state index contributed by atoms with van der Waals surface area (Å²) in [6.07, 6.45) is 8.21. The van der Waals surface area contributed by atoms with E-state index in [4.69, 9.17) is 9.72 Å². The molecular weight excluding hydrogens is 396 g/mol. The quantitative estimate of drug-likeness (QED) is 0.567. The van der Waals surface area contributed by atoms with Crippen molar-refractivity contribution in [3.8, 4) is 11.4 Å². The van der Waals surface area contributed by atoms with E-state index in [1.54, 1.807) is 11.3 Å². The van der Waals surface area contributed by atoms with E-state index in [0.717, 1.165) is 72.9 Å². The largest absolute Gasteiger partial charge is 0.461 e. The molecule has 2 aromatic heterocycles. The molecule has 0 atom stereocenters. The molecule has 6 heteroatoms. The zero-order chi connectivity index (χ0) is 20.7. The van der Waals surface area contributed by atoms with Crippen molar-refractivity contribution in [2.75, 3.05) is 0 Å². The van der Waals surface area contributed by atoms with Crippen LogP contribution in [0.5, 0.6) is 0 Å². The molecule has 156 valence electrons. The number of hydrogen-bond donors (Lipinski definition) is 0. The predicted octanol–water partition coefficient (Wildman–Crippen LogP) is 4.80. The number of esters is 1. The van der Waals surface area contributed by atoms with Gasteiger partial charge >= 0.3 is 5.97 Å². The van der Waals surface area contributed by atoms with E-state index in [-0.39, 0.29) is 24.2 Å². The molecule has 1 aromatic carbocycles. The third-order valence-corrected chi connectivity index (χ3v) is 7.42. The van der Waals surface area contributed by atoms with Crippen LogP contribution in [0.1, 0.15) is 54.5 Å². The van der Waals surface area contributed by atoms with Crippen LogP contribution in [0.4, 0.5) is 0 Å². The van der Waals surface area contributed by atoms with Crippen LogP contribution in [0, 0.1) is 6.92 Å². The van der Waals surface area contributed by atoms with Gasteiger partial charge in [-0.3, -0.25) is 14.2 Å². The Bertz CT molecular complexity index is 1170. The van der Waals surface area contributed by atoms with E-state index in [1.165, 1.54) is 9.44 Å². The number of hydrogen-bond acceptors (Lipinski definition) is 5. The van der Waals surface area contributed by atoms with Gasteiger partial charge in [0.2, 0.25) is 0 Å². The van der Waals surface area contributed by atoms with Gasteiger partial charge in [0.25, 0.3) is 5.56 Å². The van der Waals surface area contributed by atoms with Gasteiger partial charge in [0.05, 0.1) is 5.39 Å². The van der Waals surface area contributed by atoms with Gasteiger partial charge < -0.3 is 4.74 Å². The first kappa shape index (κ1) is 19.5. The average Bonchev–Trinajstić information content (AvgIpc) is 3.37. The van der Waals surface area contributed by atoms with Crippen LogP contribution in [0.3, 0.4) is 0 Å². The van der Waals surface area contributed by atoms with E-state index in [0.29, 0.717) is 11.2 Å². The molecule has 0 aliphatic heterocycles. The summed E-state index contributed by atoms with van der Waals surface area (Å²) in [5.74, 6) is 0.210. The van der Waals surface area contributed by atoms with Gasteiger partial charge in [-0.2, -0.15) is 0 Å². The highest BCUT2D eigenvalue weighted by Crippen LogP contribution is 2.35. The molecule has 5 nitrogen and oxygen atoms in total. The maximum Gasteiger partial charge on any atom is 0.326 e. The minimum absolute atomic E-state index is 0.0128. The molecule has 0 saturated heterocycles. The van der Waals surface area contributed by atoms with Crippen LogP contribution in [-0.4, -0.2) is 21.6 Å². The monoisotopic (exact) mass is 422 g/mol. The van der Waals surface area contributed by atoms with Crippen LogP contribution >= 0.6 is 11.3 Å². The van der Waals surface area contributed by atoms with E-state index in [9.17, 15) is 9.59 Å². The number of nitrogens with zero attached hydrogens (tertiary/aromatic N) is 2. The van der Waals surface area contributed by atoms with Gasteiger partial charge in [-0.15, -0.1) is 11.3 Å². The Morgan fingerprint density at radius 2 is 2.00 bits per heavy atom. The van der Waals surface area contributed by atoms with Gasteiger partial charge in [-0.1, -0.05) is 23.8 Å². The average molecular weight is 423 g/mol. The van der Waals surface area contributed by atoms with Crippen LogP contribution in [-0.2, 0) is 28.9 Å². The van der Waals surface area contributed by atoms with Crippen molar-refractivity contribution < 1.29 is 9.53 Å². The molecule has 30 heavy (non-hydrogen) atoms. The van der Waals surface area contributed by atoms with Crippen molar-refractivity contribution in [3.63, 3.8) is 0 Å². The zero-order valence-corrected chi connectivity index (χ0v) is 18.1. The second kappa shape index (κ2) is 7.99. The first-order valence-corrected chi connectivity index (χ1v) is 11.7. The normalized spacial score (nSPS) is 16.7. The number of rotatable bonds is 4. The SMILES string of the molecule is Cc1cccc(-c2nc3sc4c(c3c(=O)n2CC(=O)OC2CCCC2)CCCC4)c1. The van der Waals surface area contributed by atoms with Crippen molar-refractivity contribution >= 4 is 27.5 Å². The lowest BCUT2D eigenvalue weighted by Gasteiger charge is -2.16. The Morgan fingerprint density at radius 3 is 2.80 bits per heavy atom. The highest BCUT2D eigenvalue weighted by molar-refractivity contribution is 7.18. The number of carbonyl (C=O) groups is 1. The molecule has 0 radical (unpaired) electrons. The van der Waals surface area contributed by atoms with Crippen molar-refractivity contribution in [1.29, 1.82) is 0 Å². The summed E-state index contributed by atoms with van der Waals surface area (Å²) in [4.78, 5) is 33.3. The Labute approximate surface area is 179 Å². The minimum atomic E-state index is -0.344. The number of aromatic nitrogens is 2. The van der Waals surface area contributed by atoms with Gasteiger partial charge in [0.1, 0.15) is 23.3 Å². The number of ether oxygens (including phenoxy) is 1. The Balaban J connectivity index is 1.63. The van der Waals surface area contributed by atoms with E-state index in [2.05, 4.69) is 0 Å². The second-order valence-electron chi connectivity index (χ2n) is 8.48. The Morgan fingerprint density at radius 1 is 1.20 bits per heavy atom. The highest BCUT2D eigenvalue weighted by Gasteiger charge is 2.25. The Kier molecular flexibility index (Phi) is 5.19. The zero-order valence-electron chi connectivity index (χ0n) is 17.3. The standard InChI is InChI=1S/C24H26N2O3S/c1-15-7-6-8-16(13-15)22-25-23-21(18-11-4-5-12-19(18)30-23)24(28)26(22)14-20(27)29-17-9-2-3-10-17/h6-8,13,17H,2-5,9-12,14H2,1H3. The number of benzene rings is 1.